The van der Waals surface area contributed by atoms with Crippen molar-refractivity contribution in [2.45, 2.75) is 159 Å². The Kier molecular flexibility index (Phi) is 30.2. The number of primary amides is 1. The van der Waals surface area contributed by atoms with Gasteiger partial charge in [-0.05, 0) is 86.1 Å². The maximum Gasteiger partial charge on any atom is 0.243 e. The Morgan fingerprint density at radius 1 is 0.495 bits per heavy atom. The highest BCUT2D eigenvalue weighted by atomic mass is 16.2. The molecule has 0 saturated carbocycles. The number of guanidine groups is 2. The van der Waals surface area contributed by atoms with Gasteiger partial charge in [-0.2, -0.15) is 0 Å². The summed E-state index contributed by atoms with van der Waals surface area (Å²) in [5.41, 5.74) is 43.0. The van der Waals surface area contributed by atoms with Gasteiger partial charge < -0.3 is 92.6 Å². The Morgan fingerprint density at radius 3 is 1.46 bits per heavy atom. The predicted octanol–water partition coefficient (Wildman–Crippen LogP) is -1.21. The van der Waals surface area contributed by atoms with Crippen molar-refractivity contribution in [3.05, 3.63) is 126 Å². The van der Waals surface area contributed by atoms with E-state index in [1.165, 1.54) is 12.5 Å². The van der Waals surface area contributed by atoms with Gasteiger partial charge >= 0.3 is 0 Å². The van der Waals surface area contributed by atoms with E-state index in [2.05, 4.69) is 67.5 Å². The minimum atomic E-state index is -1.43. The molecule has 5 rings (SSSR count). The fraction of sp³-hybridized carbons (Fsp3) is 0.469. The van der Waals surface area contributed by atoms with Crippen LogP contribution in [0.1, 0.15) is 101 Å². The normalized spacial score (nSPS) is 14.4. The molecule has 29 heteroatoms. The molecule has 0 aliphatic rings. The number of nitrogens with two attached hydrogens (primary N) is 7. The number of benzene rings is 3. The van der Waals surface area contributed by atoms with E-state index in [-0.39, 0.29) is 82.9 Å². The van der Waals surface area contributed by atoms with Crippen LogP contribution in [-0.4, -0.2) is 154 Å². The fourth-order valence-electron chi connectivity index (χ4n) is 10.3. The van der Waals surface area contributed by atoms with Gasteiger partial charge in [-0.3, -0.25) is 53.1 Å². The number of hydrogen-bond acceptors (Lipinski definition) is 14. The third-order valence-corrected chi connectivity index (χ3v) is 15.7. The van der Waals surface area contributed by atoms with Crippen molar-refractivity contribution >= 4 is 76.0 Å². The third kappa shape index (κ3) is 24.7. The second-order valence-corrected chi connectivity index (χ2v) is 23.4. The van der Waals surface area contributed by atoms with Gasteiger partial charge in [0.25, 0.3) is 0 Å². The molecule has 0 bridgehead atoms. The monoisotopic (exact) mass is 1290 g/mol. The maximum atomic E-state index is 15.0. The Bertz CT molecular complexity index is 3280. The van der Waals surface area contributed by atoms with Crippen molar-refractivity contribution in [2.75, 3.05) is 19.6 Å². The standard InChI is InChI=1S/C64H94N20O9/c1-5-38(4)53(84-61(92)49(31-40-20-10-7-11-21-40)80-59(90)50(32-41-34-75-45-24-13-12-22-43(41)45)79-55(86)44(66)23-16-28-73-63(68)69)62(93)82-48(30-39-18-8-6-9-19-39)58(89)81-51(33-42-35-72-36-76-42)60(91)78-46(25-14-15-27-65)56(87)77-47(26-17-29-74-64(70)71)57(88)83-52(37(2)3)54(67)85/h6-13,18-22,24,34-38,44,46-53,75H,5,14-17,23,25-33,65-66H2,1-4H3,(H2,67,85)(H,72,76)(H,77,87)(H,78,91)(H,79,86)(H,80,90)(H,81,89)(H,82,93)(H,83,88)(H,84,92)(H4,68,69,73)(H4,70,71,74)/t38-,44-,46-,47-,48+,49+,50+,51-,52-,53-/m0/s1. The second-order valence-electron chi connectivity index (χ2n) is 23.4. The zero-order chi connectivity index (χ0) is 68.0. The highest BCUT2D eigenvalue weighted by molar-refractivity contribution is 5.99. The summed E-state index contributed by atoms with van der Waals surface area (Å²) in [6.45, 7) is 7.53. The zero-order valence-corrected chi connectivity index (χ0v) is 53.3. The van der Waals surface area contributed by atoms with E-state index in [1.807, 2.05) is 31.2 Å². The second kappa shape index (κ2) is 38.1. The quantitative estimate of drug-likeness (QED) is 0.0124. The summed E-state index contributed by atoms with van der Waals surface area (Å²) in [6, 6.07) is 13.7. The van der Waals surface area contributed by atoms with E-state index in [1.54, 1.807) is 87.6 Å². The average Bonchev–Trinajstić information content (AvgIpc) is 1.82. The molecule has 5 aromatic rings. The van der Waals surface area contributed by atoms with E-state index in [0.29, 0.717) is 48.1 Å². The smallest absolute Gasteiger partial charge is 0.243 e. The number of aliphatic imine (C=N–C) groups is 2. The molecule has 2 heterocycles. The zero-order valence-electron chi connectivity index (χ0n) is 53.3. The molecule has 0 spiro atoms. The molecular formula is C64H94N20O9. The summed E-state index contributed by atoms with van der Waals surface area (Å²) < 4.78 is 0. The van der Waals surface area contributed by atoms with Crippen LogP contribution in [0.5, 0.6) is 0 Å². The van der Waals surface area contributed by atoms with E-state index < -0.39 is 119 Å². The van der Waals surface area contributed by atoms with Crippen LogP contribution in [0.25, 0.3) is 10.9 Å². The molecule has 2 aromatic heterocycles. The molecule has 10 atom stereocenters. The van der Waals surface area contributed by atoms with Gasteiger partial charge in [0.1, 0.15) is 48.3 Å². The number of nitrogens with zero attached hydrogens (tertiary/aromatic N) is 3. The number of unbranched alkanes of at least 4 members (excludes halogenated alkanes) is 1. The number of nitrogens with one attached hydrogen (secondary N) is 10. The Balaban J connectivity index is 1.44. The number of H-pyrrole nitrogens is 2. The van der Waals surface area contributed by atoms with Crippen molar-refractivity contribution in [1.82, 2.24) is 57.5 Å². The van der Waals surface area contributed by atoms with Crippen LogP contribution in [0.3, 0.4) is 0 Å². The number of rotatable bonds is 40. The van der Waals surface area contributed by atoms with Gasteiger partial charge in [0, 0.05) is 67.8 Å². The van der Waals surface area contributed by atoms with Crippen LogP contribution < -0.4 is 82.7 Å². The van der Waals surface area contributed by atoms with Crippen LogP contribution in [-0.2, 0) is 68.8 Å². The number of carbonyl (C=O) groups is 9. The van der Waals surface area contributed by atoms with Crippen molar-refractivity contribution in [2.24, 2.45) is 62.0 Å². The van der Waals surface area contributed by atoms with E-state index in [0.717, 1.165) is 10.9 Å². The van der Waals surface area contributed by atoms with E-state index in [9.17, 15) is 43.2 Å². The lowest BCUT2D eigenvalue weighted by Crippen LogP contribution is -2.62. The Hall–Kier alpha value is -9.90. The first-order chi connectivity index (χ1) is 44.5. The van der Waals surface area contributed by atoms with E-state index in [4.69, 9.17) is 40.1 Å². The molecule has 3 aromatic carbocycles. The molecule has 24 N–H and O–H groups in total. The van der Waals surface area contributed by atoms with Crippen LogP contribution in [0.15, 0.2) is 114 Å². The molecule has 0 fully saturated rings. The summed E-state index contributed by atoms with van der Waals surface area (Å²) in [5.74, 6) is -8.05. The molecule has 0 aliphatic carbocycles. The van der Waals surface area contributed by atoms with Crippen molar-refractivity contribution in [3.8, 4) is 0 Å². The number of aromatic nitrogens is 3. The molecule has 0 aliphatic heterocycles. The first-order valence-corrected chi connectivity index (χ1v) is 31.4. The summed E-state index contributed by atoms with van der Waals surface area (Å²) in [6.07, 6.45) is 6.23. The molecule has 93 heavy (non-hydrogen) atoms. The lowest BCUT2D eigenvalue weighted by atomic mass is 9.96. The lowest BCUT2D eigenvalue weighted by Gasteiger charge is -2.30. The summed E-state index contributed by atoms with van der Waals surface area (Å²) in [5, 5.41) is 23.2. The largest absolute Gasteiger partial charge is 0.370 e. The number of amides is 9. The number of hydrogen-bond donors (Lipinski definition) is 17. The third-order valence-electron chi connectivity index (χ3n) is 15.7. The summed E-state index contributed by atoms with van der Waals surface area (Å²) >= 11 is 0. The van der Waals surface area contributed by atoms with Crippen LogP contribution >= 0.6 is 0 Å². The van der Waals surface area contributed by atoms with Crippen molar-refractivity contribution in [3.63, 3.8) is 0 Å². The SMILES string of the molecule is CC[C@H](C)[C@H](NC(=O)[C@@H](Cc1ccccc1)NC(=O)[C@@H](Cc1c[nH]c2ccccc12)NC(=O)[C@@H](N)CCCN=C(N)N)C(=O)N[C@H](Cc1ccccc1)C(=O)N[C@@H](Cc1cnc[nH]1)C(=O)N[C@@H](CCCCN)C(=O)N[C@@H](CCCN=C(N)N)C(=O)N[C@H](C(N)=O)C(C)C. The number of carbonyl (C=O) groups excluding carboxylic acids is 9. The Morgan fingerprint density at radius 2 is 0.946 bits per heavy atom. The number of imidazole rings is 1. The van der Waals surface area contributed by atoms with Gasteiger partial charge in [-0.1, -0.05) is 113 Å². The maximum absolute atomic E-state index is 15.0. The minimum absolute atomic E-state index is 0.0101. The van der Waals surface area contributed by atoms with Crippen LogP contribution in [0.4, 0.5) is 0 Å². The molecule has 0 unspecified atom stereocenters. The molecule has 29 nitrogen and oxygen atoms in total. The van der Waals surface area contributed by atoms with Gasteiger partial charge in [0.2, 0.25) is 53.2 Å². The summed E-state index contributed by atoms with van der Waals surface area (Å²) in [4.78, 5) is 147. The molecule has 0 saturated heterocycles. The first kappa shape index (κ1) is 73.8. The summed E-state index contributed by atoms with van der Waals surface area (Å²) in [7, 11) is 0. The van der Waals surface area contributed by atoms with Gasteiger partial charge in [-0.15, -0.1) is 0 Å². The first-order valence-electron chi connectivity index (χ1n) is 31.4. The van der Waals surface area contributed by atoms with E-state index >= 15 is 0 Å². The number of aromatic amines is 2. The molecule has 9 amide bonds. The minimum Gasteiger partial charge on any atom is -0.370 e. The average molecular weight is 1290 g/mol. The number of fused-ring (bicyclic) bond motifs is 1. The van der Waals surface area contributed by atoms with Crippen molar-refractivity contribution in [1.29, 1.82) is 0 Å². The van der Waals surface area contributed by atoms with Crippen LogP contribution in [0.2, 0.25) is 0 Å². The van der Waals surface area contributed by atoms with Gasteiger partial charge in [0.15, 0.2) is 11.9 Å². The van der Waals surface area contributed by atoms with Gasteiger partial charge in [-0.25, -0.2) is 4.98 Å². The topological polar surface area (TPSA) is 501 Å². The highest BCUT2D eigenvalue weighted by Crippen LogP contribution is 2.20. The predicted molar refractivity (Wildman–Crippen MR) is 354 cm³/mol. The molecule has 0 radical (unpaired) electrons. The Labute approximate surface area is 541 Å². The van der Waals surface area contributed by atoms with Gasteiger partial charge in [0.05, 0.1) is 12.4 Å². The number of para-hydroxylation sites is 1. The lowest BCUT2D eigenvalue weighted by molar-refractivity contribution is -0.136. The molecular weight excluding hydrogens is 1190 g/mol. The fourth-order valence-corrected chi connectivity index (χ4v) is 10.3. The molecule has 504 valence electrons. The van der Waals surface area contributed by atoms with Crippen LogP contribution in [0, 0.1) is 11.8 Å². The van der Waals surface area contributed by atoms with Crippen molar-refractivity contribution < 1.29 is 43.2 Å². The highest BCUT2D eigenvalue weighted by Gasteiger charge is 2.37.